The van der Waals surface area contributed by atoms with Crippen molar-refractivity contribution in [2.45, 2.75) is 25.4 Å². The average Bonchev–Trinajstić information content (AvgIpc) is 2.46. The molecular weight excluding hydrogens is 274 g/mol. The fraction of sp³-hybridized carbons (Fsp3) is 0.357. The Hall–Kier alpha value is -2.41. The molecule has 4 N–H and O–H groups in total. The van der Waals surface area contributed by atoms with E-state index in [2.05, 4.69) is 10.6 Å². The van der Waals surface area contributed by atoms with Gasteiger partial charge >= 0.3 is 0 Å². The SMILES string of the molecule is C[C@@H](NC(=O)[C@@H](N)Cc1ccc(O)cc1)C(=O)[N]CC=O. The number of nitrogens with two attached hydrogens (primary N) is 1. The van der Waals surface area contributed by atoms with Crippen molar-refractivity contribution >= 4 is 18.1 Å². The molecule has 21 heavy (non-hydrogen) atoms. The third-order valence-corrected chi connectivity index (χ3v) is 2.78. The highest BCUT2D eigenvalue weighted by Gasteiger charge is 2.20. The quantitative estimate of drug-likeness (QED) is 0.562. The van der Waals surface area contributed by atoms with Gasteiger partial charge in [-0.05, 0) is 31.0 Å². The van der Waals surface area contributed by atoms with Crippen molar-refractivity contribution in [3.05, 3.63) is 29.8 Å². The summed E-state index contributed by atoms with van der Waals surface area (Å²) in [5.41, 5.74) is 6.55. The number of nitrogens with one attached hydrogen (secondary N) is 1. The summed E-state index contributed by atoms with van der Waals surface area (Å²) in [6.07, 6.45) is 0.779. The Morgan fingerprint density at radius 1 is 1.38 bits per heavy atom. The first-order chi connectivity index (χ1) is 9.93. The first-order valence-electron chi connectivity index (χ1n) is 6.43. The van der Waals surface area contributed by atoms with Crippen LogP contribution in [0.2, 0.25) is 0 Å². The average molecular weight is 292 g/mol. The van der Waals surface area contributed by atoms with Crippen LogP contribution in [-0.2, 0) is 20.8 Å². The number of benzene rings is 1. The summed E-state index contributed by atoms with van der Waals surface area (Å²) in [7, 11) is 0. The van der Waals surface area contributed by atoms with Crippen molar-refractivity contribution in [3.8, 4) is 5.75 Å². The minimum Gasteiger partial charge on any atom is -0.508 e. The van der Waals surface area contributed by atoms with Gasteiger partial charge in [0.15, 0.2) is 0 Å². The smallest absolute Gasteiger partial charge is 0.263 e. The predicted octanol–water partition coefficient (Wildman–Crippen LogP) is -0.903. The largest absolute Gasteiger partial charge is 0.508 e. The Balaban J connectivity index is 2.48. The zero-order chi connectivity index (χ0) is 15.8. The van der Waals surface area contributed by atoms with Gasteiger partial charge in [0.2, 0.25) is 5.91 Å². The Labute approximate surface area is 122 Å². The van der Waals surface area contributed by atoms with Gasteiger partial charge in [0, 0.05) is 0 Å². The molecule has 2 atom stereocenters. The number of aldehydes is 1. The van der Waals surface area contributed by atoms with E-state index in [9.17, 15) is 14.4 Å². The molecule has 0 aromatic heterocycles. The molecular formula is C14H18N3O4. The fourth-order valence-corrected chi connectivity index (χ4v) is 1.62. The van der Waals surface area contributed by atoms with Crippen molar-refractivity contribution < 1.29 is 19.5 Å². The Morgan fingerprint density at radius 2 is 2.00 bits per heavy atom. The summed E-state index contributed by atoms with van der Waals surface area (Å²) in [5, 5.41) is 15.1. The van der Waals surface area contributed by atoms with E-state index in [-0.39, 0.29) is 18.7 Å². The van der Waals surface area contributed by atoms with Gasteiger partial charge in [-0.25, -0.2) is 5.32 Å². The molecule has 0 saturated carbocycles. The maximum atomic E-state index is 11.9. The fourth-order valence-electron chi connectivity index (χ4n) is 1.62. The van der Waals surface area contributed by atoms with E-state index < -0.39 is 23.9 Å². The van der Waals surface area contributed by atoms with Crippen molar-refractivity contribution in [1.29, 1.82) is 0 Å². The molecule has 1 aromatic rings. The van der Waals surface area contributed by atoms with Crippen LogP contribution in [0.25, 0.3) is 0 Å². The first kappa shape index (κ1) is 16.6. The Bertz CT molecular complexity index is 501. The topological polar surface area (TPSA) is 124 Å². The number of hydrogen-bond donors (Lipinski definition) is 3. The van der Waals surface area contributed by atoms with E-state index in [1.807, 2.05) is 0 Å². The maximum Gasteiger partial charge on any atom is 0.263 e. The lowest BCUT2D eigenvalue weighted by Gasteiger charge is -2.16. The van der Waals surface area contributed by atoms with Crippen molar-refractivity contribution in [2.75, 3.05) is 6.54 Å². The number of hydrogen-bond acceptors (Lipinski definition) is 5. The monoisotopic (exact) mass is 292 g/mol. The molecule has 7 heteroatoms. The van der Waals surface area contributed by atoms with Crippen LogP contribution in [0.3, 0.4) is 0 Å². The zero-order valence-corrected chi connectivity index (χ0v) is 11.7. The van der Waals surface area contributed by atoms with Gasteiger partial charge in [0.25, 0.3) is 5.91 Å². The van der Waals surface area contributed by atoms with Crippen LogP contribution in [0.15, 0.2) is 24.3 Å². The number of phenols is 1. The molecule has 1 rings (SSSR count). The summed E-state index contributed by atoms with van der Waals surface area (Å²) in [5.74, 6) is -0.926. The predicted molar refractivity (Wildman–Crippen MR) is 75.5 cm³/mol. The highest BCUT2D eigenvalue weighted by molar-refractivity contribution is 5.90. The second-order valence-electron chi connectivity index (χ2n) is 4.55. The minimum absolute atomic E-state index is 0.132. The van der Waals surface area contributed by atoms with E-state index in [1.165, 1.54) is 19.1 Å². The van der Waals surface area contributed by atoms with Gasteiger partial charge in [-0.1, -0.05) is 12.1 Å². The number of rotatable bonds is 7. The van der Waals surface area contributed by atoms with Gasteiger partial charge in [0.05, 0.1) is 12.6 Å². The van der Waals surface area contributed by atoms with Gasteiger partial charge in [-0.3, -0.25) is 9.59 Å². The Morgan fingerprint density at radius 3 is 2.57 bits per heavy atom. The summed E-state index contributed by atoms with van der Waals surface area (Å²) in [6, 6.07) is 4.68. The second kappa shape index (κ2) is 8.01. The van der Waals surface area contributed by atoms with Crippen molar-refractivity contribution in [2.24, 2.45) is 5.73 Å². The van der Waals surface area contributed by atoms with E-state index in [0.29, 0.717) is 6.29 Å². The molecule has 0 aliphatic carbocycles. The lowest BCUT2D eigenvalue weighted by Crippen LogP contribution is -2.49. The summed E-state index contributed by atoms with van der Waals surface area (Å²) in [6.45, 7) is 1.25. The molecule has 1 radical (unpaired) electrons. The molecule has 0 fully saturated rings. The van der Waals surface area contributed by atoms with Gasteiger partial charge < -0.3 is 21.0 Å². The number of carbonyl (C=O) groups is 3. The van der Waals surface area contributed by atoms with E-state index in [0.717, 1.165) is 5.56 Å². The molecule has 1 aromatic carbocycles. The van der Waals surface area contributed by atoms with E-state index in [4.69, 9.17) is 10.8 Å². The highest BCUT2D eigenvalue weighted by atomic mass is 16.3. The number of nitrogens with zero attached hydrogens (tertiary/aromatic N) is 1. The van der Waals surface area contributed by atoms with Crippen LogP contribution < -0.4 is 16.4 Å². The molecule has 2 amide bonds. The van der Waals surface area contributed by atoms with Gasteiger partial charge in [-0.2, -0.15) is 0 Å². The highest BCUT2D eigenvalue weighted by Crippen LogP contribution is 2.10. The lowest BCUT2D eigenvalue weighted by atomic mass is 10.1. The molecule has 0 spiro atoms. The van der Waals surface area contributed by atoms with Gasteiger partial charge in [-0.15, -0.1) is 0 Å². The maximum absolute atomic E-state index is 11.9. The van der Waals surface area contributed by atoms with Crippen LogP contribution in [0.1, 0.15) is 12.5 Å². The standard InChI is InChI=1S/C14H18N3O4/c1-9(13(20)16-6-7-18)17-14(21)12(15)8-10-2-4-11(19)5-3-10/h2-5,7,9,12,19H,6,8,15H2,1H3,(H,17,21)/t9-,12+/m1/s1. The minimum atomic E-state index is -0.830. The number of amides is 2. The molecule has 0 aliphatic heterocycles. The Kier molecular flexibility index (Phi) is 6.35. The molecule has 7 nitrogen and oxygen atoms in total. The van der Waals surface area contributed by atoms with Crippen LogP contribution in [0.4, 0.5) is 0 Å². The second-order valence-corrected chi connectivity index (χ2v) is 4.55. The summed E-state index contributed by atoms with van der Waals surface area (Å²) < 4.78 is 0. The number of aromatic hydroxyl groups is 1. The van der Waals surface area contributed by atoms with Crippen molar-refractivity contribution in [1.82, 2.24) is 10.6 Å². The van der Waals surface area contributed by atoms with E-state index >= 15 is 0 Å². The molecule has 0 heterocycles. The third-order valence-electron chi connectivity index (χ3n) is 2.78. The number of carbonyl (C=O) groups excluding carboxylic acids is 3. The summed E-state index contributed by atoms with van der Waals surface area (Å²) >= 11 is 0. The van der Waals surface area contributed by atoms with Gasteiger partial charge in [0.1, 0.15) is 18.1 Å². The normalized spacial score (nSPS) is 13.0. The van der Waals surface area contributed by atoms with Crippen LogP contribution in [-0.4, -0.2) is 41.8 Å². The van der Waals surface area contributed by atoms with Crippen molar-refractivity contribution in [3.63, 3.8) is 0 Å². The van der Waals surface area contributed by atoms with E-state index in [1.54, 1.807) is 12.1 Å². The van der Waals surface area contributed by atoms with Crippen LogP contribution >= 0.6 is 0 Å². The zero-order valence-electron chi connectivity index (χ0n) is 11.7. The third kappa shape index (κ3) is 5.62. The molecule has 113 valence electrons. The van der Waals surface area contributed by atoms with Crippen LogP contribution in [0, 0.1) is 0 Å². The molecule has 0 saturated heterocycles. The summed E-state index contributed by atoms with van der Waals surface area (Å²) in [4.78, 5) is 33.4. The molecule has 0 bridgehead atoms. The molecule has 0 unspecified atom stereocenters. The lowest BCUT2D eigenvalue weighted by molar-refractivity contribution is -0.129. The number of phenolic OH excluding ortho intramolecular Hbond substituents is 1. The molecule has 0 aliphatic rings. The first-order valence-corrected chi connectivity index (χ1v) is 6.43. The van der Waals surface area contributed by atoms with Crippen LogP contribution in [0.5, 0.6) is 5.75 Å².